The van der Waals surface area contributed by atoms with Crippen LogP contribution in [-0.2, 0) is 14.2 Å². The van der Waals surface area contributed by atoms with Gasteiger partial charge >= 0.3 is 8.03 Å². The SMILES string of the molecule is CC(C)[C@@H](N)C(=O)N[C@@H](C)C(=O)NC[C@H](O)CC(C1CCCCC1)[P+](=O)O. The molecule has 0 radical (unpaired) electrons. The predicted octanol–water partition coefficient (Wildman–Crippen LogP) is 1.03. The molecule has 156 valence electrons. The monoisotopic (exact) mass is 404 g/mol. The highest BCUT2D eigenvalue weighted by Crippen LogP contribution is 2.40. The van der Waals surface area contributed by atoms with E-state index < -0.39 is 43.7 Å². The van der Waals surface area contributed by atoms with Gasteiger partial charge in [0, 0.05) is 18.9 Å². The molecule has 1 saturated carbocycles. The summed E-state index contributed by atoms with van der Waals surface area (Å²) in [6.07, 6.45) is 4.33. The van der Waals surface area contributed by atoms with Crippen LogP contribution in [0.1, 0.15) is 59.3 Å². The molecular formula is C18H35N3O5P+. The first-order chi connectivity index (χ1) is 12.6. The van der Waals surface area contributed by atoms with Gasteiger partial charge in [0.15, 0.2) is 5.66 Å². The Morgan fingerprint density at radius 1 is 1.15 bits per heavy atom. The molecule has 0 heterocycles. The van der Waals surface area contributed by atoms with E-state index >= 15 is 0 Å². The number of nitrogens with one attached hydrogen (secondary N) is 2. The highest BCUT2D eigenvalue weighted by Gasteiger charge is 2.39. The maximum atomic E-state index is 12.1. The molecule has 0 bridgehead atoms. The Kier molecular flexibility index (Phi) is 10.4. The summed E-state index contributed by atoms with van der Waals surface area (Å²) in [4.78, 5) is 33.6. The van der Waals surface area contributed by atoms with E-state index in [1.165, 1.54) is 0 Å². The highest BCUT2D eigenvalue weighted by molar-refractivity contribution is 7.38. The molecule has 1 rings (SSSR count). The minimum Gasteiger partial charge on any atom is -0.391 e. The van der Waals surface area contributed by atoms with Gasteiger partial charge in [-0.3, -0.25) is 9.59 Å². The van der Waals surface area contributed by atoms with Gasteiger partial charge in [-0.05, 0) is 30.2 Å². The first kappa shape index (κ1) is 24.0. The maximum absolute atomic E-state index is 12.1. The molecule has 1 aliphatic carbocycles. The minimum atomic E-state index is -2.38. The maximum Gasteiger partial charge on any atom is 0.509 e. The average molecular weight is 404 g/mol. The molecule has 27 heavy (non-hydrogen) atoms. The Morgan fingerprint density at radius 2 is 1.74 bits per heavy atom. The van der Waals surface area contributed by atoms with Gasteiger partial charge in [0.25, 0.3) is 0 Å². The molecule has 6 N–H and O–H groups in total. The lowest BCUT2D eigenvalue weighted by molar-refractivity contribution is -0.129. The zero-order valence-corrected chi connectivity index (χ0v) is 17.5. The van der Waals surface area contributed by atoms with E-state index in [0.29, 0.717) is 0 Å². The Bertz CT molecular complexity index is 511. The van der Waals surface area contributed by atoms with Crippen LogP contribution in [0.2, 0.25) is 0 Å². The van der Waals surface area contributed by atoms with Gasteiger partial charge < -0.3 is 21.5 Å². The highest BCUT2D eigenvalue weighted by atomic mass is 31.1. The van der Waals surface area contributed by atoms with E-state index in [-0.39, 0.29) is 24.8 Å². The van der Waals surface area contributed by atoms with Crippen LogP contribution in [0.3, 0.4) is 0 Å². The number of hydrogen-bond donors (Lipinski definition) is 5. The third-order valence-corrected chi connectivity index (χ3v) is 6.48. The third-order valence-electron chi connectivity index (χ3n) is 5.28. The van der Waals surface area contributed by atoms with Gasteiger partial charge in [0.1, 0.15) is 6.04 Å². The molecule has 5 atom stereocenters. The van der Waals surface area contributed by atoms with Gasteiger partial charge in [-0.15, -0.1) is 0 Å². The predicted molar refractivity (Wildman–Crippen MR) is 104 cm³/mol. The molecule has 1 aliphatic rings. The quantitative estimate of drug-likeness (QED) is 0.344. The van der Waals surface area contributed by atoms with Crippen molar-refractivity contribution in [3.63, 3.8) is 0 Å². The van der Waals surface area contributed by atoms with Crippen molar-refractivity contribution in [2.24, 2.45) is 17.6 Å². The lowest BCUT2D eigenvalue weighted by Crippen LogP contribution is -2.52. The Morgan fingerprint density at radius 3 is 2.26 bits per heavy atom. The Labute approximate surface area is 162 Å². The van der Waals surface area contributed by atoms with Gasteiger partial charge in [-0.2, -0.15) is 4.89 Å². The summed E-state index contributed by atoms with van der Waals surface area (Å²) < 4.78 is 11.7. The van der Waals surface area contributed by atoms with Crippen molar-refractivity contribution in [2.75, 3.05) is 6.54 Å². The number of nitrogens with two attached hydrogens (primary N) is 1. The fourth-order valence-electron chi connectivity index (χ4n) is 3.39. The summed E-state index contributed by atoms with van der Waals surface area (Å²) in [5, 5.41) is 15.3. The normalized spacial score (nSPS) is 20.5. The summed E-state index contributed by atoms with van der Waals surface area (Å²) in [7, 11) is -2.38. The van der Waals surface area contributed by atoms with Crippen LogP contribution in [0.15, 0.2) is 0 Å². The first-order valence-electron chi connectivity index (χ1n) is 9.80. The topological polar surface area (TPSA) is 142 Å². The fourth-order valence-corrected chi connectivity index (χ4v) is 4.48. The van der Waals surface area contributed by atoms with Crippen LogP contribution >= 0.6 is 8.03 Å². The number of amides is 2. The molecule has 0 aromatic rings. The van der Waals surface area contributed by atoms with Crippen molar-refractivity contribution in [3.8, 4) is 0 Å². The molecule has 0 aromatic heterocycles. The van der Waals surface area contributed by atoms with E-state index in [1.807, 2.05) is 13.8 Å². The van der Waals surface area contributed by atoms with Crippen molar-refractivity contribution < 1.29 is 24.2 Å². The lowest BCUT2D eigenvalue weighted by Gasteiger charge is -2.24. The molecule has 9 heteroatoms. The van der Waals surface area contributed by atoms with Crippen molar-refractivity contribution in [2.45, 2.75) is 83.1 Å². The summed E-state index contributed by atoms with van der Waals surface area (Å²) in [5.41, 5.74) is 5.30. The second-order valence-electron chi connectivity index (χ2n) is 7.90. The fraction of sp³-hybridized carbons (Fsp3) is 0.889. The second-order valence-corrected chi connectivity index (χ2v) is 9.17. The van der Waals surface area contributed by atoms with Crippen molar-refractivity contribution in [3.05, 3.63) is 0 Å². The summed E-state index contributed by atoms with van der Waals surface area (Å²) in [5.74, 6) is -0.725. The molecular weight excluding hydrogens is 369 g/mol. The Hall–Kier alpha value is -1.08. The summed E-state index contributed by atoms with van der Waals surface area (Å²) in [6.45, 7) is 5.16. The zero-order chi connectivity index (χ0) is 20.6. The summed E-state index contributed by atoms with van der Waals surface area (Å²) >= 11 is 0. The van der Waals surface area contributed by atoms with E-state index in [4.69, 9.17) is 5.73 Å². The van der Waals surface area contributed by atoms with Gasteiger partial charge in [-0.25, -0.2) is 0 Å². The molecule has 0 saturated heterocycles. The van der Waals surface area contributed by atoms with Crippen LogP contribution in [0, 0.1) is 11.8 Å². The molecule has 0 spiro atoms. The smallest absolute Gasteiger partial charge is 0.391 e. The average Bonchev–Trinajstić information content (AvgIpc) is 2.63. The minimum absolute atomic E-state index is 0.0261. The van der Waals surface area contributed by atoms with E-state index in [0.717, 1.165) is 32.1 Å². The molecule has 0 aliphatic heterocycles. The van der Waals surface area contributed by atoms with E-state index in [9.17, 15) is 24.2 Å². The molecule has 1 fully saturated rings. The first-order valence-corrected chi connectivity index (χ1v) is 11.1. The van der Waals surface area contributed by atoms with Crippen LogP contribution < -0.4 is 16.4 Å². The lowest BCUT2D eigenvalue weighted by atomic mass is 9.85. The van der Waals surface area contributed by atoms with Crippen LogP contribution in [0.25, 0.3) is 0 Å². The summed E-state index contributed by atoms with van der Waals surface area (Å²) in [6, 6.07) is -1.47. The number of rotatable bonds is 10. The van der Waals surface area contributed by atoms with Crippen molar-refractivity contribution >= 4 is 19.8 Å². The Balaban J connectivity index is 2.44. The van der Waals surface area contributed by atoms with Gasteiger partial charge in [-0.1, -0.05) is 33.1 Å². The third kappa shape index (κ3) is 8.21. The number of aliphatic hydroxyl groups is 1. The largest absolute Gasteiger partial charge is 0.509 e. The van der Waals surface area contributed by atoms with Gasteiger partial charge in [0.2, 0.25) is 11.8 Å². The van der Waals surface area contributed by atoms with Crippen LogP contribution in [0.5, 0.6) is 0 Å². The zero-order valence-electron chi connectivity index (χ0n) is 16.6. The van der Waals surface area contributed by atoms with Crippen molar-refractivity contribution in [1.29, 1.82) is 0 Å². The van der Waals surface area contributed by atoms with E-state index in [2.05, 4.69) is 10.6 Å². The molecule has 2 unspecified atom stereocenters. The molecule has 2 amide bonds. The standard InChI is InChI=1S/C18H34N3O5P/c1-11(2)16(19)18(24)21-12(3)17(23)20-10-14(22)9-15(27(25)26)13-7-5-4-6-8-13/h11-16,22H,4-10,19H2,1-3H3,(H2-,20,21,23,24,25,26)/p+1/t12-,14+,15?,16+/m0/s1. The number of hydrogen-bond acceptors (Lipinski definition) is 5. The van der Waals surface area contributed by atoms with E-state index in [1.54, 1.807) is 6.92 Å². The molecule has 8 nitrogen and oxygen atoms in total. The van der Waals surface area contributed by atoms with Crippen LogP contribution in [0.4, 0.5) is 0 Å². The number of carbonyl (C=O) groups is 2. The van der Waals surface area contributed by atoms with Crippen molar-refractivity contribution in [1.82, 2.24) is 10.6 Å². The number of aliphatic hydroxyl groups excluding tert-OH is 1. The number of carbonyl (C=O) groups excluding carboxylic acids is 2. The van der Waals surface area contributed by atoms with Gasteiger partial charge in [0.05, 0.1) is 12.1 Å². The molecule has 0 aromatic carbocycles. The second kappa shape index (κ2) is 11.7. The van der Waals surface area contributed by atoms with Crippen LogP contribution in [-0.4, -0.2) is 52.2 Å².